The molecule has 69 heavy (non-hydrogen) atoms. The molecule has 11 N–H and O–H groups in total. The number of aromatic nitrogens is 8. The average molecular weight is 1100 g/mol. The Morgan fingerprint density at radius 2 is 1.09 bits per heavy atom. The second-order valence-electron chi connectivity index (χ2n) is 17.6. The zero-order valence-corrected chi connectivity index (χ0v) is 41.7. The van der Waals surface area contributed by atoms with E-state index >= 15 is 0 Å². The number of ether oxygens (including phenoxy) is 2. The maximum Gasteiger partial charge on any atom is 0.346 e. The van der Waals surface area contributed by atoms with Crippen molar-refractivity contribution in [2.75, 3.05) is 22.1 Å². The topological polar surface area (TPSA) is 414 Å². The van der Waals surface area contributed by atoms with Gasteiger partial charge < -0.3 is 65.2 Å². The zero-order chi connectivity index (χ0) is 50.5. The van der Waals surface area contributed by atoms with Crippen molar-refractivity contribution in [1.82, 2.24) is 40.0 Å². The molecule has 2 saturated carbocycles. The molecule has 386 valence electrons. The van der Waals surface area contributed by atoms with E-state index in [4.69, 9.17) is 32.7 Å². The minimum atomic E-state index is -5.26. The van der Waals surface area contributed by atoms with Gasteiger partial charge in [0.1, 0.15) is 46.9 Å². The van der Waals surface area contributed by atoms with Gasteiger partial charge in [-0.1, -0.05) is 66.2 Å². The number of sulfone groups is 2. The van der Waals surface area contributed by atoms with Gasteiger partial charge in [-0.25, -0.2) is 26.8 Å². The van der Waals surface area contributed by atoms with Crippen molar-refractivity contribution < 1.29 is 80.5 Å². The Morgan fingerprint density at radius 3 is 1.43 bits per heavy atom. The molecule has 0 amide bonds. The lowest BCUT2D eigenvalue weighted by molar-refractivity contribution is -0.0376. The van der Waals surface area contributed by atoms with Gasteiger partial charge in [-0.2, -0.15) is 9.36 Å². The first-order valence-corrected chi connectivity index (χ1v) is 29.4. The third kappa shape index (κ3) is 11.7. The molecule has 3 unspecified atom stereocenters. The quantitative estimate of drug-likeness (QED) is 0.0538. The first-order valence-electron chi connectivity index (χ1n) is 21.8. The van der Waals surface area contributed by atoms with Crippen LogP contribution in [0.15, 0.2) is 12.1 Å². The van der Waals surface area contributed by atoms with Gasteiger partial charge in [-0.05, 0) is 39.0 Å². The number of fused-ring (bicyclic) bond motifs is 2. The summed E-state index contributed by atoms with van der Waals surface area (Å²) in [5.41, 5.74) is 2.16. The van der Waals surface area contributed by atoms with Gasteiger partial charge in [-0.3, -0.25) is 9.13 Å². The molecule has 0 radical (unpaired) electrons. The molecule has 27 nitrogen and oxygen atoms in total. The van der Waals surface area contributed by atoms with Crippen molar-refractivity contribution in [2.24, 2.45) is 0 Å². The second kappa shape index (κ2) is 21.0. The molecular weight excluding hydrogens is 1040 g/mol. The minimum Gasteiger partial charge on any atom is -0.391 e. The number of rotatable bonds is 16. The molecule has 2 aliphatic heterocycles. The van der Waals surface area contributed by atoms with Gasteiger partial charge >= 0.3 is 15.2 Å². The largest absolute Gasteiger partial charge is 0.391 e. The molecule has 4 aliphatic rings. The third-order valence-corrected chi connectivity index (χ3v) is 22.5. The lowest BCUT2D eigenvalue weighted by atomic mass is 10.1. The highest BCUT2D eigenvalue weighted by atomic mass is 35.5. The van der Waals surface area contributed by atoms with E-state index in [0.717, 1.165) is 67.7 Å². The van der Waals surface area contributed by atoms with Crippen LogP contribution in [0.25, 0.3) is 22.3 Å². The Labute approximate surface area is 404 Å². The van der Waals surface area contributed by atoms with E-state index in [1.54, 1.807) is 12.1 Å². The number of nitrogens with zero attached hydrogens (tertiary/aromatic N) is 8. The Balaban J connectivity index is 0.000000204. The molecule has 33 heteroatoms. The van der Waals surface area contributed by atoms with Crippen molar-refractivity contribution in [2.45, 2.75) is 149 Å². The monoisotopic (exact) mass is 1090 g/mol. The molecule has 0 bridgehead atoms. The van der Waals surface area contributed by atoms with E-state index in [-0.39, 0.29) is 40.1 Å². The fourth-order valence-electron chi connectivity index (χ4n) is 9.22. The number of halogens is 2. The lowest BCUT2D eigenvalue weighted by Gasteiger charge is -2.23. The number of pyridine rings is 2. The number of nitrogens with one attached hydrogen (secondary N) is 2. The molecule has 0 aromatic carbocycles. The number of hydrogen-bond donors (Lipinski definition) is 11. The number of aliphatic hydroxyl groups excluding tert-OH is 5. The van der Waals surface area contributed by atoms with Gasteiger partial charge in [0.15, 0.2) is 64.4 Å². The highest BCUT2D eigenvalue weighted by Crippen LogP contribution is 2.48. The van der Waals surface area contributed by atoms with Crippen molar-refractivity contribution in [3.63, 3.8) is 0 Å². The molecule has 4 fully saturated rings. The van der Waals surface area contributed by atoms with E-state index in [1.165, 1.54) is 6.92 Å². The smallest absolute Gasteiger partial charge is 0.346 e. The van der Waals surface area contributed by atoms with E-state index in [1.807, 2.05) is 0 Å². The van der Waals surface area contributed by atoms with Crippen LogP contribution in [0.1, 0.15) is 84.1 Å². The Morgan fingerprint density at radius 1 is 0.696 bits per heavy atom. The Hall–Kier alpha value is -2.80. The molecule has 0 spiro atoms. The summed E-state index contributed by atoms with van der Waals surface area (Å²) in [5.74, 6) is -1.97. The summed E-state index contributed by atoms with van der Waals surface area (Å²) in [4.78, 5) is 41.7. The van der Waals surface area contributed by atoms with Crippen LogP contribution in [0.5, 0.6) is 0 Å². The third-order valence-electron chi connectivity index (χ3n) is 12.4. The summed E-state index contributed by atoms with van der Waals surface area (Å²) in [6.07, 6.45) is -6.37. The van der Waals surface area contributed by atoms with E-state index < -0.39 is 112 Å². The molecule has 4 aromatic rings. The second-order valence-corrected chi connectivity index (χ2v) is 27.0. The van der Waals surface area contributed by atoms with Crippen LogP contribution < -0.4 is 10.6 Å². The highest BCUT2D eigenvalue weighted by Gasteiger charge is 2.52. The number of anilines is 2. The highest BCUT2D eigenvalue weighted by molar-refractivity contribution is 7.98. The standard InChI is InChI=1S/C18H27ClN5O9PS.C18H27ClN5O8PS/c1-8(25)18(34(28,29)30)35(31,32)7-11-14(26)15(27)17(33-11)24-16-13(22-23-24)10(6-12(19)21-16)20-9-4-2-3-5-9;1-2-13(33(27,28)29)34(30,31)8-11-15(25)16(26)18(32-11)24-17-14(22-23-24)10(7-12(19)21-17)20-9-5-3-4-6-9/h6,8-9,11,14-15,17-18,25-27H,2-5,7H2,1H3,(H,20,21)(H2,28,29,30);7,9,11,13,15-16,18,25-26H,2-6,8H2,1H3,(H,20,21)(H2,27,28,29)/t8?,11-,14-,15-,17-,18?;11-,13?,15-,16-,18-/m11/s1. The van der Waals surface area contributed by atoms with Crippen LogP contribution in [0.3, 0.4) is 0 Å². The van der Waals surface area contributed by atoms with Crippen LogP contribution in [0, 0.1) is 0 Å². The summed E-state index contributed by atoms with van der Waals surface area (Å²) >= 11 is 12.4. The maximum absolute atomic E-state index is 12.7. The van der Waals surface area contributed by atoms with E-state index in [0.29, 0.717) is 22.4 Å². The van der Waals surface area contributed by atoms with Crippen LogP contribution in [-0.2, 0) is 38.3 Å². The lowest BCUT2D eigenvalue weighted by Crippen LogP contribution is -2.41. The summed E-state index contributed by atoms with van der Waals surface area (Å²) in [6.45, 7) is 2.26. The fourth-order valence-corrected chi connectivity index (χ4v) is 17.5. The van der Waals surface area contributed by atoms with E-state index in [9.17, 15) is 71.1 Å². The molecule has 2 aliphatic carbocycles. The Kier molecular flexibility index (Phi) is 16.4. The van der Waals surface area contributed by atoms with Gasteiger partial charge in [0, 0.05) is 24.2 Å². The number of aliphatic hydroxyl groups is 5. The summed E-state index contributed by atoms with van der Waals surface area (Å²) < 4.78 is 87.3. The molecule has 4 aromatic heterocycles. The van der Waals surface area contributed by atoms with Gasteiger partial charge in [-0.15, -0.1) is 10.2 Å². The minimum absolute atomic E-state index is 0.107. The van der Waals surface area contributed by atoms with Crippen molar-refractivity contribution >= 4 is 91.8 Å². The molecule has 2 saturated heterocycles. The van der Waals surface area contributed by atoms with Gasteiger partial charge in [0.25, 0.3) is 0 Å². The van der Waals surface area contributed by atoms with Crippen LogP contribution in [0.2, 0.25) is 10.3 Å². The summed E-state index contributed by atoms with van der Waals surface area (Å²) in [5, 5.41) is 74.9. The zero-order valence-electron chi connectivity index (χ0n) is 36.8. The van der Waals surface area contributed by atoms with Crippen molar-refractivity contribution in [3.05, 3.63) is 22.4 Å². The van der Waals surface area contributed by atoms with Crippen molar-refractivity contribution in [3.8, 4) is 0 Å². The first kappa shape index (κ1) is 54.0. The van der Waals surface area contributed by atoms with E-state index in [2.05, 4.69) is 41.2 Å². The van der Waals surface area contributed by atoms with Crippen LogP contribution in [-0.4, -0.2) is 178 Å². The molecule has 6 heterocycles. The van der Waals surface area contributed by atoms with Crippen LogP contribution >= 0.6 is 38.4 Å². The fraction of sp³-hybridized carbons (Fsp3) is 0.722. The van der Waals surface area contributed by atoms with Crippen molar-refractivity contribution in [1.29, 1.82) is 0 Å². The first-order chi connectivity index (χ1) is 32.2. The average Bonchev–Trinajstić information content (AvgIpc) is 4.10. The summed E-state index contributed by atoms with van der Waals surface area (Å²) in [6, 6.07) is 3.68. The maximum atomic E-state index is 12.7. The Bertz CT molecular complexity index is 2810. The van der Waals surface area contributed by atoms with Gasteiger partial charge in [0.2, 0.25) is 0 Å². The normalized spacial score (nSPS) is 27.7. The molecular formula is C36H54Cl2N10O17P2S2. The predicted octanol–water partition coefficient (Wildman–Crippen LogP) is 0.535. The molecule has 11 atom stereocenters. The van der Waals surface area contributed by atoms with Gasteiger partial charge in [0.05, 0.1) is 29.0 Å². The summed E-state index contributed by atoms with van der Waals surface area (Å²) in [7, 11) is -19.3. The SMILES string of the molecule is CC(O)C(P(=O)(O)O)S(=O)(=O)C[C@H]1O[C@@H](n2nnc3c(NC4CCCC4)cc(Cl)nc32)[C@H](O)[C@@H]1O.CCC(P(=O)(O)O)S(=O)(=O)C[C@H]1O[C@@H](n2nnc3c(NC4CCCC4)cc(Cl)nc32)[C@H](O)[C@@H]1O. The van der Waals surface area contributed by atoms with Crippen LogP contribution in [0.4, 0.5) is 11.4 Å². The predicted molar refractivity (Wildman–Crippen MR) is 245 cm³/mol. The number of hydrogen-bond acceptors (Lipinski definition) is 21. The molecule has 8 rings (SSSR count).